The molecule has 0 unspecified atom stereocenters. The third-order valence-corrected chi connectivity index (χ3v) is 7.79. The number of benzene rings is 1. The Balaban J connectivity index is 1.12. The molecule has 8 heteroatoms. The summed E-state index contributed by atoms with van der Waals surface area (Å²) in [6, 6.07) is 5.69. The maximum absolute atomic E-state index is 12.7. The normalized spacial score (nSPS) is 25.1. The Bertz CT molecular complexity index is 790. The summed E-state index contributed by atoms with van der Waals surface area (Å²) in [5.41, 5.74) is 1.00. The second-order valence-electron chi connectivity index (χ2n) is 8.15. The van der Waals surface area contributed by atoms with E-state index in [0.29, 0.717) is 18.4 Å². The molecule has 1 aliphatic carbocycles. The van der Waals surface area contributed by atoms with Crippen molar-refractivity contribution in [3.8, 4) is 11.5 Å². The maximum Gasteiger partial charge on any atom is 0.279 e. The van der Waals surface area contributed by atoms with Crippen LogP contribution in [0.4, 0.5) is 0 Å². The van der Waals surface area contributed by atoms with Gasteiger partial charge in [-0.1, -0.05) is 17.8 Å². The number of hydrogen-bond acceptors (Lipinski definition) is 5. The predicted molar refractivity (Wildman–Crippen MR) is 104 cm³/mol. The van der Waals surface area contributed by atoms with Gasteiger partial charge in [0.1, 0.15) is 4.87 Å². The summed E-state index contributed by atoms with van der Waals surface area (Å²) in [5.74, 6) is 3.03. The first-order valence-corrected chi connectivity index (χ1v) is 11.1. The molecule has 1 spiro atoms. The summed E-state index contributed by atoms with van der Waals surface area (Å²) >= 11 is 1.89. The van der Waals surface area contributed by atoms with Crippen molar-refractivity contribution in [1.82, 2.24) is 10.2 Å². The van der Waals surface area contributed by atoms with E-state index in [1.165, 1.54) is 0 Å². The van der Waals surface area contributed by atoms with E-state index < -0.39 is 0 Å². The van der Waals surface area contributed by atoms with Crippen LogP contribution in [0.15, 0.2) is 18.2 Å². The van der Waals surface area contributed by atoms with Crippen molar-refractivity contribution in [3.05, 3.63) is 23.8 Å². The Morgan fingerprint density at radius 2 is 2.00 bits per heavy atom. The van der Waals surface area contributed by atoms with Crippen LogP contribution in [0.1, 0.15) is 31.2 Å². The molecule has 5 rings (SSSR count). The number of carbonyl (C=O) groups is 2. The van der Waals surface area contributed by atoms with Crippen LogP contribution in [0.2, 0.25) is 0 Å². The van der Waals surface area contributed by atoms with Crippen molar-refractivity contribution in [2.24, 2.45) is 5.92 Å². The van der Waals surface area contributed by atoms with Crippen molar-refractivity contribution < 1.29 is 24.4 Å². The Labute approximate surface area is 168 Å². The zero-order valence-electron chi connectivity index (χ0n) is 15.8. The van der Waals surface area contributed by atoms with Gasteiger partial charge in [0.05, 0.1) is 5.75 Å². The van der Waals surface area contributed by atoms with Gasteiger partial charge in [-0.15, -0.1) is 0 Å². The number of rotatable bonds is 4. The summed E-state index contributed by atoms with van der Waals surface area (Å²) in [6.45, 7) is 2.39. The second-order valence-corrected chi connectivity index (χ2v) is 9.59. The molecule has 7 nitrogen and oxygen atoms in total. The Hall–Kier alpha value is -1.93. The van der Waals surface area contributed by atoms with Crippen molar-refractivity contribution in [2.75, 3.05) is 25.6 Å². The number of amides is 2. The molecule has 0 bridgehead atoms. The van der Waals surface area contributed by atoms with Gasteiger partial charge in [0.15, 0.2) is 17.5 Å². The molecule has 0 radical (unpaired) electrons. The van der Waals surface area contributed by atoms with Crippen LogP contribution in [-0.2, 0) is 16.1 Å². The molecule has 150 valence electrons. The summed E-state index contributed by atoms with van der Waals surface area (Å²) in [7, 11) is 0. The molecule has 1 aromatic rings. The molecule has 2 amide bonds. The van der Waals surface area contributed by atoms with Crippen molar-refractivity contribution in [3.63, 3.8) is 0 Å². The highest BCUT2D eigenvalue weighted by Crippen LogP contribution is 2.37. The van der Waals surface area contributed by atoms with Gasteiger partial charge < -0.3 is 25.0 Å². The molecule has 0 aromatic heterocycles. The fourth-order valence-electron chi connectivity index (χ4n) is 4.25. The van der Waals surface area contributed by atoms with Gasteiger partial charge in [0.2, 0.25) is 12.7 Å². The smallest absolute Gasteiger partial charge is 0.279 e. The number of nitrogens with two attached hydrogens (primary N) is 1. The molecule has 2 saturated heterocycles. The van der Waals surface area contributed by atoms with Gasteiger partial charge in [0.25, 0.3) is 5.91 Å². The second kappa shape index (κ2) is 7.15. The van der Waals surface area contributed by atoms with Gasteiger partial charge in [-0.3, -0.25) is 9.59 Å². The molecule has 1 aromatic carbocycles. The van der Waals surface area contributed by atoms with E-state index in [1.54, 1.807) is 0 Å². The lowest BCUT2D eigenvalue weighted by atomic mass is 10.0. The van der Waals surface area contributed by atoms with Crippen LogP contribution < -0.4 is 20.1 Å². The monoisotopic (exact) mass is 404 g/mol. The number of quaternary nitrogens is 1. The molecule has 1 atom stereocenters. The number of piperidine rings is 1. The predicted octanol–water partition coefficient (Wildman–Crippen LogP) is 0.439. The number of hydrogen-bond donors (Lipinski definition) is 2. The van der Waals surface area contributed by atoms with Crippen LogP contribution in [0.5, 0.6) is 11.5 Å². The summed E-state index contributed by atoms with van der Waals surface area (Å²) in [4.78, 5) is 27.0. The van der Waals surface area contributed by atoms with Crippen molar-refractivity contribution in [1.29, 1.82) is 0 Å². The van der Waals surface area contributed by atoms with Gasteiger partial charge in [0, 0.05) is 38.4 Å². The molecule has 1 saturated carbocycles. The first-order valence-electron chi connectivity index (χ1n) is 10.1. The lowest BCUT2D eigenvalue weighted by Crippen LogP contribution is -2.99. The minimum absolute atomic E-state index is 0.0566. The SMILES string of the molecule is O=C(NCc1ccc2c(c1)OCO2)[C@H]1CSC2(CCN(C(=O)C3CC3)CC2)[NH2+]1. The van der Waals surface area contributed by atoms with Gasteiger partial charge >= 0.3 is 0 Å². The molecule has 4 aliphatic rings. The Kier molecular flexibility index (Phi) is 4.63. The minimum atomic E-state index is -0.0651. The van der Waals surface area contributed by atoms with Crippen LogP contribution in [0.25, 0.3) is 0 Å². The lowest BCUT2D eigenvalue weighted by Gasteiger charge is -2.36. The van der Waals surface area contributed by atoms with E-state index >= 15 is 0 Å². The van der Waals surface area contributed by atoms with E-state index in [9.17, 15) is 9.59 Å². The Morgan fingerprint density at radius 1 is 1.21 bits per heavy atom. The molecule has 3 fully saturated rings. The summed E-state index contributed by atoms with van der Waals surface area (Å²) < 4.78 is 10.7. The fourth-order valence-corrected chi connectivity index (χ4v) is 5.74. The number of likely N-dealkylation sites (tertiary alicyclic amines) is 1. The first kappa shape index (κ1) is 18.1. The number of fused-ring (bicyclic) bond motifs is 1. The number of thioether (sulfide) groups is 1. The molecule has 3 N–H and O–H groups in total. The minimum Gasteiger partial charge on any atom is -0.454 e. The van der Waals surface area contributed by atoms with E-state index in [4.69, 9.17) is 9.47 Å². The molecular weight excluding hydrogens is 378 g/mol. The van der Waals surface area contributed by atoms with Gasteiger partial charge in [-0.25, -0.2) is 0 Å². The fraction of sp³-hybridized carbons (Fsp3) is 0.600. The highest BCUT2D eigenvalue weighted by atomic mass is 32.2. The average molecular weight is 405 g/mol. The number of nitrogens with one attached hydrogen (secondary N) is 1. The largest absolute Gasteiger partial charge is 0.454 e. The van der Waals surface area contributed by atoms with Gasteiger partial charge in [-0.05, 0) is 30.5 Å². The zero-order valence-corrected chi connectivity index (χ0v) is 16.6. The maximum atomic E-state index is 12.7. The van der Waals surface area contributed by atoms with E-state index in [-0.39, 0.29) is 23.6 Å². The number of carbonyl (C=O) groups excluding carboxylic acids is 2. The topological polar surface area (TPSA) is 84.5 Å². The van der Waals surface area contributed by atoms with Crippen LogP contribution in [-0.4, -0.2) is 53.3 Å². The highest BCUT2D eigenvalue weighted by Gasteiger charge is 2.49. The molecule has 3 aliphatic heterocycles. The number of ether oxygens (including phenoxy) is 2. The van der Waals surface area contributed by atoms with Gasteiger partial charge in [-0.2, -0.15) is 0 Å². The van der Waals surface area contributed by atoms with E-state index in [0.717, 1.165) is 61.6 Å². The third-order valence-electron chi connectivity index (χ3n) is 6.14. The Morgan fingerprint density at radius 3 is 2.79 bits per heavy atom. The van der Waals surface area contributed by atoms with E-state index in [2.05, 4.69) is 10.6 Å². The quantitative estimate of drug-likeness (QED) is 0.761. The van der Waals surface area contributed by atoms with E-state index in [1.807, 2.05) is 34.9 Å². The average Bonchev–Trinajstić information content (AvgIpc) is 3.33. The summed E-state index contributed by atoms with van der Waals surface area (Å²) in [5, 5.41) is 5.30. The number of nitrogens with zero attached hydrogens (tertiary/aromatic N) is 1. The highest BCUT2D eigenvalue weighted by molar-refractivity contribution is 8.00. The van der Waals surface area contributed by atoms with Crippen LogP contribution >= 0.6 is 11.8 Å². The molecule has 28 heavy (non-hydrogen) atoms. The third kappa shape index (κ3) is 3.55. The standard InChI is InChI=1S/C20H25N3O4S/c24-18(21-10-13-1-4-16-17(9-13)27-12-26-16)15-11-28-20(22-15)5-7-23(8-6-20)19(25)14-2-3-14/h1,4,9,14-15,22H,2-3,5-8,10-12H2,(H,21,24)/p+1/t15-/m1/s1. The first-order chi connectivity index (χ1) is 13.6. The zero-order chi connectivity index (χ0) is 19.1. The lowest BCUT2D eigenvalue weighted by molar-refractivity contribution is -0.714. The van der Waals surface area contributed by atoms with Crippen molar-refractivity contribution in [2.45, 2.75) is 43.1 Å². The molecular formula is C20H26N3O4S+. The molecule has 3 heterocycles. The van der Waals surface area contributed by atoms with Crippen LogP contribution in [0, 0.1) is 5.92 Å². The summed E-state index contributed by atoms with van der Waals surface area (Å²) in [6.07, 6.45) is 4.05. The van der Waals surface area contributed by atoms with Crippen molar-refractivity contribution >= 4 is 23.6 Å². The van der Waals surface area contributed by atoms with Crippen LogP contribution in [0.3, 0.4) is 0 Å².